The molecule has 0 amide bonds. The lowest BCUT2D eigenvalue weighted by Crippen LogP contribution is -2.00. The molecule has 0 spiro atoms. The second-order valence-corrected chi connectivity index (χ2v) is 7.92. The second kappa shape index (κ2) is 7.44. The first-order valence-electron chi connectivity index (χ1n) is 9.05. The fraction of sp³-hybridized carbons (Fsp3) is 0.130. The van der Waals surface area contributed by atoms with E-state index in [2.05, 4.69) is 29.6 Å². The van der Waals surface area contributed by atoms with Crippen molar-refractivity contribution in [2.75, 3.05) is 5.32 Å². The van der Waals surface area contributed by atoms with E-state index in [0.29, 0.717) is 5.13 Å². The molecule has 0 saturated carbocycles. The Morgan fingerprint density at radius 3 is 2.64 bits per heavy atom. The van der Waals surface area contributed by atoms with Crippen LogP contribution in [-0.2, 0) is 11.2 Å². The number of aliphatic carboxylic acids is 1. The molecule has 0 bridgehead atoms. The Morgan fingerprint density at radius 1 is 1.07 bits per heavy atom. The number of anilines is 2. The number of hydrogen-bond donors (Lipinski definition) is 2. The molecule has 1 aromatic heterocycles. The van der Waals surface area contributed by atoms with Crippen molar-refractivity contribution in [2.45, 2.75) is 20.3 Å². The van der Waals surface area contributed by atoms with Gasteiger partial charge in [0.1, 0.15) is 0 Å². The molecule has 0 fully saturated rings. The van der Waals surface area contributed by atoms with E-state index in [9.17, 15) is 9.90 Å². The van der Waals surface area contributed by atoms with Gasteiger partial charge in [-0.25, -0.2) is 4.98 Å². The highest BCUT2D eigenvalue weighted by atomic mass is 32.1. The number of nitrogens with zero attached hydrogens (tertiary/aromatic N) is 1. The van der Waals surface area contributed by atoms with Crippen LogP contribution in [0.3, 0.4) is 0 Å². The Labute approximate surface area is 167 Å². The highest BCUT2D eigenvalue weighted by Crippen LogP contribution is 2.36. The zero-order valence-corrected chi connectivity index (χ0v) is 16.5. The van der Waals surface area contributed by atoms with Crippen molar-refractivity contribution in [1.29, 1.82) is 0 Å². The Bertz CT molecular complexity index is 1180. The van der Waals surface area contributed by atoms with E-state index in [0.717, 1.165) is 38.2 Å². The third kappa shape index (κ3) is 3.62. The van der Waals surface area contributed by atoms with Gasteiger partial charge in [0, 0.05) is 21.5 Å². The number of nitrogens with one attached hydrogen (secondary N) is 1. The van der Waals surface area contributed by atoms with Crippen LogP contribution in [0.1, 0.15) is 16.0 Å². The number of fused-ring (bicyclic) bond motifs is 1. The smallest absolute Gasteiger partial charge is 0.308 e. The monoisotopic (exact) mass is 388 g/mol. The van der Waals surface area contributed by atoms with E-state index in [4.69, 9.17) is 4.98 Å². The van der Waals surface area contributed by atoms with Crippen molar-refractivity contribution in [2.24, 2.45) is 0 Å². The third-order valence-corrected chi connectivity index (χ3v) is 5.65. The first-order chi connectivity index (χ1) is 13.5. The molecule has 4 aromatic rings. The van der Waals surface area contributed by atoms with Crippen molar-refractivity contribution in [1.82, 2.24) is 4.98 Å². The number of benzene rings is 3. The van der Waals surface area contributed by atoms with Gasteiger partial charge in [0.15, 0.2) is 5.13 Å². The summed E-state index contributed by atoms with van der Waals surface area (Å²) >= 11 is 1.40. The summed E-state index contributed by atoms with van der Waals surface area (Å²) in [6.07, 6.45) is -0.0441. The van der Waals surface area contributed by atoms with Gasteiger partial charge in [-0.3, -0.25) is 4.79 Å². The molecular weight excluding hydrogens is 368 g/mol. The zero-order chi connectivity index (χ0) is 19.7. The summed E-state index contributed by atoms with van der Waals surface area (Å²) in [6, 6.07) is 20.4. The summed E-state index contributed by atoms with van der Waals surface area (Å²) in [5.41, 5.74) is 4.94. The fourth-order valence-corrected chi connectivity index (χ4v) is 4.38. The third-order valence-electron chi connectivity index (χ3n) is 4.68. The highest BCUT2D eigenvalue weighted by molar-refractivity contribution is 7.16. The van der Waals surface area contributed by atoms with Crippen LogP contribution in [0.15, 0.2) is 60.7 Å². The average molecular weight is 388 g/mol. The van der Waals surface area contributed by atoms with Gasteiger partial charge in [-0.15, -0.1) is 11.3 Å². The Balaban J connectivity index is 1.78. The minimum absolute atomic E-state index is 0.0441. The molecule has 0 aliphatic carbocycles. The summed E-state index contributed by atoms with van der Waals surface area (Å²) in [5, 5.41) is 15.7. The predicted octanol–water partition coefficient (Wildman–Crippen LogP) is 5.95. The van der Waals surface area contributed by atoms with Crippen molar-refractivity contribution in [3.8, 4) is 11.3 Å². The van der Waals surface area contributed by atoms with Crippen LogP contribution < -0.4 is 5.32 Å². The number of aromatic nitrogens is 1. The van der Waals surface area contributed by atoms with E-state index < -0.39 is 5.97 Å². The maximum atomic E-state index is 11.4. The van der Waals surface area contributed by atoms with Crippen LogP contribution >= 0.6 is 11.3 Å². The number of hydrogen-bond acceptors (Lipinski definition) is 4. The summed E-state index contributed by atoms with van der Waals surface area (Å²) in [4.78, 5) is 16.9. The lowest BCUT2D eigenvalue weighted by atomic mass is 10.0. The molecule has 3 aromatic carbocycles. The number of aryl methyl sites for hydroxylation is 2. The highest BCUT2D eigenvalue weighted by Gasteiger charge is 2.18. The lowest BCUT2D eigenvalue weighted by molar-refractivity contribution is -0.136. The average Bonchev–Trinajstić information content (AvgIpc) is 3.03. The molecule has 2 N–H and O–H groups in total. The van der Waals surface area contributed by atoms with Gasteiger partial charge in [0.2, 0.25) is 0 Å². The lowest BCUT2D eigenvalue weighted by Gasteiger charge is -2.07. The minimum atomic E-state index is -0.855. The van der Waals surface area contributed by atoms with E-state index in [1.54, 1.807) is 0 Å². The number of thiazole rings is 1. The maximum Gasteiger partial charge on any atom is 0.308 e. The van der Waals surface area contributed by atoms with Crippen molar-refractivity contribution in [3.05, 3.63) is 76.7 Å². The number of carboxylic acids is 1. The molecular formula is C23H20N2O2S. The van der Waals surface area contributed by atoms with Gasteiger partial charge in [-0.1, -0.05) is 60.2 Å². The Morgan fingerprint density at radius 2 is 1.86 bits per heavy atom. The minimum Gasteiger partial charge on any atom is -0.481 e. The Kier molecular flexibility index (Phi) is 4.84. The van der Waals surface area contributed by atoms with Gasteiger partial charge < -0.3 is 10.4 Å². The zero-order valence-electron chi connectivity index (χ0n) is 15.7. The van der Waals surface area contributed by atoms with Crippen molar-refractivity contribution >= 4 is 38.9 Å². The molecule has 5 heteroatoms. The topological polar surface area (TPSA) is 62.2 Å². The molecule has 4 nitrogen and oxygen atoms in total. The van der Waals surface area contributed by atoms with Gasteiger partial charge in [-0.2, -0.15) is 0 Å². The summed E-state index contributed by atoms with van der Waals surface area (Å²) in [5.74, 6) is -0.855. The fourth-order valence-electron chi connectivity index (χ4n) is 3.40. The van der Waals surface area contributed by atoms with Gasteiger partial charge in [0.25, 0.3) is 0 Å². The van der Waals surface area contributed by atoms with E-state index in [-0.39, 0.29) is 6.42 Å². The normalized spacial score (nSPS) is 10.9. The number of rotatable bonds is 5. The summed E-state index contributed by atoms with van der Waals surface area (Å²) in [6.45, 7) is 4.08. The molecule has 140 valence electrons. The van der Waals surface area contributed by atoms with Crippen molar-refractivity contribution in [3.63, 3.8) is 0 Å². The van der Waals surface area contributed by atoms with Crippen LogP contribution in [0, 0.1) is 13.8 Å². The van der Waals surface area contributed by atoms with Crippen LogP contribution in [0.25, 0.3) is 22.0 Å². The molecule has 28 heavy (non-hydrogen) atoms. The predicted molar refractivity (Wildman–Crippen MR) is 116 cm³/mol. The van der Waals surface area contributed by atoms with Crippen molar-refractivity contribution < 1.29 is 9.90 Å². The molecule has 0 aliphatic heterocycles. The molecule has 0 saturated heterocycles. The molecule has 1 heterocycles. The summed E-state index contributed by atoms with van der Waals surface area (Å²) in [7, 11) is 0. The maximum absolute atomic E-state index is 11.4. The van der Waals surface area contributed by atoms with E-state index in [1.807, 2.05) is 50.2 Å². The largest absolute Gasteiger partial charge is 0.481 e. The first kappa shape index (κ1) is 18.2. The Hall–Kier alpha value is -3.18. The number of carbonyl (C=O) groups is 1. The standard InChI is InChI=1S/C23H20N2O2S/c1-14-10-11-17(15(2)12-14)22-20(13-21(26)27)28-23(25-22)24-19-9-5-7-16-6-3-4-8-18(16)19/h3-12H,13H2,1-2H3,(H,24,25)(H,26,27). The summed E-state index contributed by atoms with van der Waals surface area (Å²) < 4.78 is 0. The second-order valence-electron chi connectivity index (χ2n) is 6.83. The van der Waals surface area contributed by atoms with E-state index in [1.165, 1.54) is 16.9 Å². The van der Waals surface area contributed by atoms with Crippen LogP contribution in [0.2, 0.25) is 0 Å². The van der Waals surface area contributed by atoms with Crippen LogP contribution in [-0.4, -0.2) is 16.1 Å². The SMILES string of the molecule is Cc1ccc(-c2nc(Nc3cccc4ccccc34)sc2CC(=O)O)c(C)c1. The molecule has 4 rings (SSSR count). The van der Waals surface area contributed by atoms with Gasteiger partial charge >= 0.3 is 5.97 Å². The van der Waals surface area contributed by atoms with Gasteiger partial charge in [-0.05, 0) is 30.9 Å². The first-order valence-corrected chi connectivity index (χ1v) is 9.87. The van der Waals surface area contributed by atoms with Crippen LogP contribution in [0.5, 0.6) is 0 Å². The molecule has 0 unspecified atom stereocenters. The quantitative estimate of drug-likeness (QED) is 0.443. The molecule has 0 radical (unpaired) electrons. The number of carboxylic acid groups (broad SMARTS) is 1. The molecule has 0 aliphatic rings. The molecule has 0 atom stereocenters. The van der Waals surface area contributed by atoms with Gasteiger partial charge in [0.05, 0.1) is 12.1 Å². The van der Waals surface area contributed by atoms with Crippen LogP contribution in [0.4, 0.5) is 10.8 Å². The van der Waals surface area contributed by atoms with E-state index >= 15 is 0 Å².